The highest BCUT2D eigenvalue weighted by Crippen LogP contribution is 2.54. The third-order valence-electron chi connectivity index (χ3n) is 4.61. The smallest absolute Gasteiger partial charge is 0.293 e. The van der Waals surface area contributed by atoms with E-state index in [-0.39, 0.29) is 23.2 Å². The van der Waals surface area contributed by atoms with Gasteiger partial charge < -0.3 is 0 Å². The number of hydrogen-bond donors (Lipinski definition) is 0. The van der Waals surface area contributed by atoms with Crippen molar-refractivity contribution in [3.63, 3.8) is 0 Å². The first-order valence-corrected chi connectivity index (χ1v) is 7.99. The first-order chi connectivity index (χ1) is 9.37. The Labute approximate surface area is 137 Å². The van der Waals surface area contributed by atoms with Gasteiger partial charge >= 0.3 is 6.03 Å². The lowest BCUT2D eigenvalue weighted by atomic mass is 9.69. The fraction of sp³-hybridized carbons (Fsp3) is 0.800. The molecule has 6 heteroatoms. The minimum absolute atomic E-state index is 0.0332. The fourth-order valence-corrected chi connectivity index (χ4v) is 4.48. The normalized spacial score (nSPS) is 28.0. The topological polar surface area (TPSA) is 26.8 Å². The lowest BCUT2D eigenvalue weighted by molar-refractivity contribution is -0.00384. The molecule has 4 nitrogen and oxygen atoms in total. The Morgan fingerprint density at radius 1 is 1.10 bits per heavy atom. The number of rotatable bonds is 1. The van der Waals surface area contributed by atoms with Crippen molar-refractivity contribution in [1.82, 2.24) is 13.7 Å². The Kier molecular flexibility index (Phi) is 3.84. The van der Waals surface area contributed by atoms with Crippen LogP contribution in [0.2, 0.25) is 0 Å². The van der Waals surface area contributed by atoms with E-state index in [9.17, 15) is 4.79 Å². The molecule has 2 heterocycles. The molecule has 0 radical (unpaired) electrons. The van der Waals surface area contributed by atoms with Gasteiger partial charge in [0.1, 0.15) is 5.54 Å². The highest BCUT2D eigenvalue weighted by molar-refractivity contribution is 6.23. The third-order valence-corrected chi connectivity index (χ3v) is 5.99. The van der Waals surface area contributed by atoms with E-state index in [2.05, 4.69) is 34.3 Å². The van der Waals surface area contributed by atoms with Gasteiger partial charge in [0.05, 0.1) is 0 Å². The minimum atomic E-state index is -0.582. The first kappa shape index (κ1) is 16.9. The van der Waals surface area contributed by atoms with Crippen molar-refractivity contribution in [3.05, 3.63) is 12.3 Å². The summed E-state index contributed by atoms with van der Waals surface area (Å²) in [5.41, 5.74) is -0.399. The number of carbonyl (C=O) groups is 1. The van der Waals surface area contributed by atoms with Crippen molar-refractivity contribution in [1.29, 1.82) is 0 Å². The van der Waals surface area contributed by atoms with E-state index in [1.807, 2.05) is 18.3 Å². The van der Waals surface area contributed by atoms with Gasteiger partial charge in [-0.1, -0.05) is 6.58 Å². The molecule has 0 aliphatic carbocycles. The van der Waals surface area contributed by atoms with Crippen LogP contribution in [-0.4, -0.2) is 42.4 Å². The van der Waals surface area contributed by atoms with Gasteiger partial charge in [-0.2, -0.15) is 0 Å². The number of halogens is 2. The van der Waals surface area contributed by atoms with Gasteiger partial charge in [-0.3, -0.25) is 4.90 Å². The molecule has 1 spiro atoms. The summed E-state index contributed by atoms with van der Waals surface area (Å²) in [5.74, 6) is 0. The van der Waals surface area contributed by atoms with Crippen LogP contribution in [0.1, 0.15) is 54.4 Å². The maximum Gasteiger partial charge on any atom is 0.340 e. The molecule has 0 N–H and O–H groups in total. The first-order valence-electron chi connectivity index (χ1n) is 7.31. The van der Waals surface area contributed by atoms with E-state index >= 15 is 0 Å². The molecule has 0 aromatic heterocycles. The molecule has 2 aliphatic heterocycles. The zero-order valence-corrected chi connectivity index (χ0v) is 15.2. The molecule has 0 unspecified atom stereocenters. The summed E-state index contributed by atoms with van der Waals surface area (Å²) in [6, 6.07) is -0.155. The van der Waals surface area contributed by atoms with Crippen LogP contribution in [0.25, 0.3) is 0 Å². The van der Waals surface area contributed by atoms with E-state index in [0.717, 1.165) is 5.70 Å². The molecule has 0 atom stereocenters. The Morgan fingerprint density at radius 2 is 1.52 bits per heavy atom. The zero-order chi connectivity index (χ0) is 16.4. The van der Waals surface area contributed by atoms with E-state index in [4.69, 9.17) is 23.6 Å². The number of piperidine rings is 1. The van der Waals surface area contributed by atoms with Gasteiger partial charge in [0.2, 0.25) is 0 Å². The SMILES string of the molecule is C=C1N(C(C)C)C(=O)N(Cl)C12CC(C)(C)N(Cl)C(C)(C)C2. The molecule has 2 saturated heterocycles. The summed E-state index contributed by atoms with van der Waals surface area (Å²) in [6.45, 7) is 16.4. The predicted molar refractivity (Wildman–Crippen MR) is 87.0 cm³/mol. The average molecular weight is 334 g/mol. The van der Waals surface area contributed by atoms with Gasteiger partial charge in [0.15, 0.2) is 0 Å². The van der Waals surface area contributed by atoms with Crippen LogP contribution < -0.4 is 0 Å². The van der Waals surface area contributed by atoms with Gasteiger partial charge in [-0.05, 0) is 66.2 Å². The van der Waals surface area contributed by atoms with E-state index in [1.165, 1.54) is 4.42 Å². The maximum absolute atomic E-state index is 12.5. The molecule has 0 saturated carbocycles. The van der Waals surface area contributed by atoms with E-state index < -0.39 is 5.54 Å². The lowest BCUT2D eigenvalue weighted by Gasteiger charge is -2.56. The third kappa shape index (κ3) is 2.27. The van der Waals surface area contributed by atoms with Gasteiger partial charge in [-0.15, -0.1) is 0 Å². The zero-order valence-electron chi connectivity index (χ0n) is 13.7. The Hall–Kier alpha value is -0.450. The highest BCUT2D eigenvalue weighted by atomic mass is 35.5. The van der Waals surface area contributed by atoms with Crippen LogP contribution in [0.4, 0.5) is 4.79 Å². The Morgan fingerprint density at radius 3 is 1.86 bits per heavy atom. The van der Waals surface area contributed by atoms with Crippen molar-refractivity contribution in [2.45, 2.75) is 77.0 Å². The van der Waals surface area contributed by atoms with Crippen molar-refractivity contribution in [3.8, 4) is 0 Å². The summed E-state index contributed by atoms with van der Waals surface area (Å²) in [7, 11) is 0. The largest absolute Gasteiger partial charge is 0.340 e. The standard InChI is InChI=1S/C15H25Cl2N3O/c1-10(2)18-11(3)15(19(16)12(18)21)8-13(4,5)20(17)14(6,7)9-15/h10H,3,8-9H2,1-2,4-7H3. The number of carbonyl (C=O) groups excluding carboxylic acids is 1. The maximum atomic E-state index is 12.5. The second kappa shape index (κ2) is 4.77. The number of nitrogens with zero attached hydrogens (tertiary/aromatic N) is 3. The quantitative estimate of drug-likeness (QED) is 0.667. The predicted octanol–water partition coefficient (Wildman–Crippen LogP) is 4.35. The molecule has 21 heavy (non-hydrogen) atoms. The molecule has 0 aromatic carbocycles. The molecule has 2 amide bonds. The van der Waals surface area contributed by atoms with Crippen LogP contribution >= 0.6 is 23.6 Å². The molecular formula is C15H25Cl2N3O. The van der Waals surface area contributed by atoms with Crippen LogP contribution in [0.5, 0.6) is 0 Å². The van der Waals surface area contributed by atoms with Gasteiger partial charge in [0.25, 0.3) is 0 Å². The van der Waals surface area contributed by atoms with E-state index in [0.29, 0.717) is 12.8 Å². The summed E-state index contributed by atoms with van der Waals surface area (Å²) in [4.78, 5) is 14.2. The van der Waals surface area contributed by atoms with Gasteiger partial charge in [-0.25, -0.2) is 13.6 Å². The van der Waals surface area contributed by atoms with E-state index in [1.54, 1.807) is 4.90 Å². The molecule has 2 aliphatic rings. The monoisotopic (exact) mass is 333 g/mol. The number of hydrogen-bond acceptors (Lipinski definition) is 2. The van der Waals surface area contributed by atoms with Gasteiger partial charge in [0, 0.05) is 34.6 Å². The second-order valence-electron chi connectivity index (χ2n) is 7.76. The number of amides is 2. The summed E-state index contributed by atoms with van der Waals surface area (Å²) in [5, 5.41) is 0. The van der Waals surface area contributed by atoms with Crippen LogP contribution in [0.3, 0.4) is 0 Å². The molecule has 0 aromatic rings. The lowest BCUT2D eigenvalue weighted by Crippen LogP contribution is -2.64. The highest BCUT2D eigenvalue weighted by Gasteiger charge is 2.62. The second-order valence-corrected chi connectivity index (χ2v) is 8.44. The van der Waals surface area contributed by atoms with Crippen LogP contribution in [0, 0.1) is 0 Å². The summed E-state index contributed by atoms with van der Waals surface area (Å²) < 4.78 is 3.20. The summed E-state index contributed by atoms with van der Waals surface area (Å²) >= 11 is 13.0. The van der Waals surface area contributed by atoms with Crippen molar-refractivity contribution in [2.75, 3.05) is 0 Å². The van der Waals surface area contributed by atoms with Crippen LogP contribution in [-0.2, 0) is 0 Å². The molecule has 2 fully saturated rings. The molecule has 2 rings (SSSR count). The summed E-state index contributed by atoms with van der Waals surface area (Å²) in [6.07, 6.45) is 1.31. The fourth-order valence-electron chi connectivity index (χ4n) is 4.06. The molecule has 120 valence electrons. The molecular weight excluding hydrogens is 309 g/mol. The average Bonchev–Trinajstić information content (AvgIpc) is 2.48. The Bertz CT molecular complexity index is 469. The van der Waals surface area contributed by atoms with Crippen molar-refractivity contribution >= 4 is 29.6 Å². The Balaban J connectivity index is 2.52. The minimum Gasteiger partial charge on any atom is -0.293 e. The van der Waals surface area contributed by atoms with Crippen LogP contribution in [0.15, 0.2) is 12.3 Å². The number of urea groups is 1. The van der Waals surface area contributed by atoms with Crippen molar-refractivity contribution in [2.24, 2.45) is 0 Å². The molecule has 0 bridgehead atoms. The van der Waals surface area contributed by atoms with Crippen molar-refractivity contribution < 1.29 is 4.79 Å².